The molecule has 0 amide bonds. The van der Waals surface area contributed by atoms with Crippen molar-refractivity contribution >= 4 is 11.0 Å². The van der Waals surface area contributed by atoms with Crippen molar-refractivity contribution in [1.82, 2.24) is 14.9 Å². The summed E-state index contributed by atoms with van der Waals surface area (Å²) in [4.78, 5) is 4.55. The van der Waals surface area contributed by atoms with Gasteiger partial charge in [-0.15, -0.1) is 0 Å². The van der Waals surface area contributed by atoms with Crippen molar-refractivity contribution in [3.05, 3.63) is 66.0 Å². The van der Waals surface area contributed by atoms with E-state index in [1.54, 1.807) is 0 Å². The Hall–Kier alpha value is -2.13. The molecule has 1 aromatic heterocycles. The van der Waals surface area contributed by atoms with E-state index in [2.05, 4.69) is 64.4 Å². The normalized spacial score (nSPS) is 21.4. The van der Waals surface area contributed by atoms with Crippen LogP contribution >= 0.6 is 0 Å². The highest BCUT2D eigenvalue weighted by Crippen LogP contribution is 2.38. The summed E-state index contributed by atoms with van der Waals surface area (Å²) in [6, 6.07) is 17.9. The molecule has 3 nitrogen and oxygen atoms in total. The molecule has 0 fully saturated rings. The Morgan fingerprint density at radius 2 is 1.90 bits per heavy atom. The van der Waals surface area contributed by atoms with Gasteiger partial charge in [0, 0.05) is 0 Å². The first-order chi connectivity index (χ1) is 10.4. The van der Waals surface area contributed by atoms with Crippen LogP contribution in [-0.4, -0.2) is 16.6 Å². The molecule has 0 saturated heterocycles. The van der Waals surface area contributed by atoms with Gasteiger partial charge in [-0.05, 0) is 43.1 Å². The summed E-state index contributed by atoms with van der Waals surface area (Å²) in [6.45, 7) is 0. The zero-order valence-electron chi connectivity index (χ0n) is 12.2. The van der Waals surface area contributed by atoms with E-state index in [0.29, 0.717) is 12.1 Å². The topological polar surface area (TPSA) is 29.9 Å². The summed E-state index contributed by atoms with van der Waals surface area (Å²) in [5, 5.41) is 3.51. The minimum absolute atomic E-state index is 0.340. The third kappa shape index (κ3) is 1.96. The summed E-state index contributed by atoms with van der Waals surface area (Å²) in [5.41, 5.74) is 5.19. The number of nitrogens with one attached hydrogen (secondary N) is 1. The van der Waals surface area contributed by atoms with Crippen molar-refractivity contribution < 1.29 is 0 Å². The zero-order chi connectivity index (χ0) is 14.2. The molecule has 2 aromatic carbocycles. The van der Waals surface area contributed by atoms with Crippen LogP contribution in [0.1, 0.15) is 29.6 Å². The Balaban J connectivity index is 1.82. The molecule has 0 radical (unpaired) electrons. The van der Waals surface area contributed by atoms with Crippen LogP contribution in [0, 0.1) is 0 Å². The highest BCUT2D eigenvalue weighted by Gasteiger charge is 2.30. The monoisotopic (exact) mass is 277 g/mol. The number of aromatic nitrogens is 2. The molecule has 3 aromatic rings. The molecule has 3 heteroatoms. The van der Waals surface area contributed by atoms with Crippen LogP contribution in [0.4, 0.5) is 0 Å². The summed E-state index contributed by atoms with van der Waals surface area (Å²) < 4.78 is 2.34. The Morgan fingerprint density at radius 1 is 1.10 bits per heavy atom. The van der Waals surface area contributed by atoms with Gasteiger partial charge < -0.3 is 9.88 Å². The van der Waals surface area contributed by atoms with E-state index in [0.717, 1.165) is 18.4 Å². The average Bonchev–Trinajstić information content (AvgIpc) is 2.97. The molecule has 1 N–H and O–H groups in total. The minimum atomic E-state index is 0.340. The number of fused-ring (bicyclic) bond motifs is 2. The number of benzene rings is 2. The van der Waals surface area contributed by atoms with Gasteiger partial charge in [-0.25, -0.2) is 4.98 Å². The van der Waals surface area contributed by atoms with Gasteiger partial charge >= 0.3 is 0 Å². The van der Waals surface area contributed by atoms with Gasteiger partial charge in [0.15, 0.2) is 0 Å². The Bertz CT molecular complexity index is 775. The molecule has 1 aliphatic carbocycles. The fourth-order valence-electron chi connectivity index (χ4n) is 3.63. The number of hydrogen-bond donors (Lipinski definition) is 1. The van der Waals surface area contributed by atoms with Gasteiger partial charge in [0.2, 0.25) is 0 Å². The van der Waals surface area contributed by atoms with Crippen LogP contribution in [0.15, 0.2) is 54.9 Å². The quantitative estimate of drug-likeness (QED) is 0.777. The summed E-state index contributed by atoms with van der Waals surface area (Å²) in [6.07, 6.45) is 4.27. The third-order valence-electron chi connectivity index (χ3n) is 4.63. The molecular weight excluding hydrogens is 258 g/mol. The van der Waals surface area contributed by atoms with Crippen molar-refractivity contribution in [3.63, 3.8) is 0 Å². The second kappa shape index (κ2) is 5.01. The van der Waals surface area contributed by atoms with Crippen LogP contribution in [0.2, 0.25) is 0 Å². The number of nitrogens with zero attached hydrogens (tertiary/aromatic N) is 2. The Labute approximate surface area is 124 Å². The highest BCUT2D eigenvalue weighted by molar-refractivity contribution is 5.75. The van der Waals surface area contributed by atoms with Gasteiger partial charge in [-0.1, -0.05) is 36.4 Å². The molecule has 0 aliphatic heterocycles. The zero-order valence-corrected chi connectivity index (χ0v) is 12.2. The van der Waals surface area contributed by atoms with Crippen molar-refractivity contribution in [2.75, 3.05) is 7.05 Å². The molecule has 2 unspecified atom stereocenters. The van der Waals surface area contributed by atoms with Crippen LogP contribution in [-0.2, 0) is 6.42 Å². The van der Waals surface area contributed by atoms with Crippen molar-refractivity contribution in [3.8, 4) is 0 Å². The van der Waals surface area contributed by atoms with Crippen molar-refractivity contribution in [2.45, 2.75) is 24.9 Å². The molecule has 106 valence electrons. The van der Waals surface area contributed by atoms with Gasteiger partial charge in [0.05, 0.1) is 29.4 Å². The summed E-state index contributed by atoms with van der Waals surface area (Å²) in [7, 11) is 2.05. The van der Waals surface area contributed by atoms with Crippen LogP contribution < -0.4 is 5.32 Å². The van der Waals surface area contributed by atoms with Crippen molar-refractivity contribution in [1.29, 1.82) is 0 Å². The summed E-state index contributed by atoms with van der Waals surface area (Å²) in [5.74, 6) is 0. The number of rotatable bonds is 2. The summed E-state index contributed by atoms with van der Waals surface area (Å²) >= 11 is 0. The lowest BCUT2D eigenvalue weighted by Crippen LogP contribution is -2.31. The molecular formula is C18H19N3. The van der Waals surface area contributed by atoms with Gasteiger partial charge in [0.25, 0.3) is 0 Å². The van der Waals surface area contributed by atoms with E-state index >= 15 is 0 Å². The van der Waals surface area contributed by atoms with E-state index in [1.807, 2.05) is 12.4 Å². The molecule has 1 aliphatic rings. The van der Waals surface area contributed by atoms with E-state index in [-0.39, 0.29) is 0 Å². The van der Waals surface area contributed by atoms with E-state index < -0.39 is 0 Å². The SMILES string of the molecule is CNC1c2ccccc2CCC1n1cnc2ccccc21. The first-order valence-corrected chi connectivity index (χ1v) is 7.55. The molecule has 0 spiro atoms. The maximum atomic E-state index is 4.55. The van der Waals surface area contributed by atoms with Gasteiger partial charge in [-0.2, -0.15) is 0 Å². The molecule has 0 bridgehead atoms. The Kier molecular flexibility index (Phi) is 3.00. The smallest absolute Gasteiger partial charge is 0.0961 e. The lowest BCUT2D eigenvalue weighted by Gasteiger charge is -2.34. The predicted octanol–water partition coefficient (Wildman–Crippen LogP) is 3.48. The lowest BCUT2D eigenvalue weighted by atomic mass is 9.84. The van der Waals surface area contributed by atoms with E-state index in [9.17, 15) is 0 Å². The first-order valence-electron chi connectivity index (χ1n) is 7.55. The molecule has 2 atom stereocenters. The van der Waals surface area contributed by atoms with Crippen molar-refractivity contribution in [2.24, 2.45) is 0 Å². The van der Waals surface area contributed by atoms with Crippen LogP contribution in [0.5, 0.6) is 0 Å². The van der Waals surface area contributed by atoms with Crippen LogP contribution in [0.3, 0.4) is 0 Å². The fourth-order valence-corrected chi connectivity index (χ4v) is 3.63. The molecule has 0 saturated carbocycles. The second-order valence-corrected chi connectivity index (χ2v) is 5.71. The van der Waals surface area contributed by atoms with Gasteiger partial charge in [0.1, 0.15) is 0 Å². The number of imidazole rings is 1. The molecule has 21 heavy (non-hydrogen) atoms. The molecule has 4 rings (SSSR count). The Morgan fingerprint density at radius 3 is 2.81 bits per heavy atom. The number of para-hydroxylation sites is 2. The lowest BCUT2D eigenvalue weighted by molar-refractivity contribution is 0.339. The van der Waals surface area contributed by atoms with Gasteiger partial charge in [-0.3, -0.25) is 0 Å². The minimum Gasteiger partial charge on any atom is -0.326 e. The number of aryl methyl sites for hydroxylation is 1. The van der Waals surface area contributed by atoms with Crippen LogP contribution in [0.25, 0.3) is 11.0 Å². The maximum Gasteiger partial charge on any atom is 0.0961 e. The van der Waals surface area contributed by atoms with E-state index in [1.165, 1.54) is 16.6 Å². The highest BCUT2D eigenvalue weighted by atomic mass is 15.1. The average molecular weight is 277 g/mol. The third-order valence-corrected chi connectivity index (χ3v) is 4.63. The first kappa shape index (κ1) is 12.6. The molecule has 1 heterocycles. The predicted molar refractivity (Wildman–Crippen MR) is 85.3 cm³/mol. The second-order valence-electron chi connectivity index (χ2n) is 5.71. The standard InChI is InChI=1S/C18H19N3/c1-19-18-14-7-3-2-6-13(14)10-11-17(18)21-12-20-15-8-4-5-9-16(15)21/h2-9,12,17-19H,10-11H2,1H3. The largest absolute Gasteiger partial charge is 0.326 e. The maximum absolute atomic E-state index is 4.55. The van der Waals surface area contributed by atoms with E-state index in [4.69, 9.17) is 0 Å². The number of likely N-dealkylation sites (N-methyl/N-ethyl adjacent to an activating group) is 1. The number of hydrogen-bond acceptors (Lipinski definition) is 2. The fraction of sp³-hybridized carbons (Fsp3) is 0.278.